The van der Waals surface area contributed by atoms with Crippen molar-refractivity contribution in [2.24, 2.45) is 0 Å². The molecule has 3 aromatic carbocycles. The van der Waals surface area contributed by atoms with Crippen molar-refractivity contribution >= 4 is 33.1 Å². The lowest BCUT2D eigenvalue weighted by Crippen LogP contribution is -2.08. The highest BCUT2D eigenvalue weighted by molar-refractivity contribution is 6.10. The van der Waals surface area contributed by atoms with E-state index in [1.165, 1.54) is 6.08 Å². The molecule has 0 radical (unpaired) electrons. The monoisotopic (exact) mass is 362 g/mol. The van der Waals surface area contributed by atoms with Gasteiger partial charge in [-0.3, -0.25) is 0 Å². The molecule has 4 aromatic rings. The number of nitriles is 2. The molecule has 0 aliphatic carbocycles. The Morgan fingerprint density at radius 1 is 0.893 bits per heavy atom. The standard InChI is InChI=1S/C24H18N4/c1-27(2)19-8-10-20(11-9-19)28-23-6-4-3-5-21(23)22-15-17(7-12-24(22)28)18(16-26)13-14-25/h3-13,15H,1-2H3/b18-13+. The van der Waals surface area contributed by atoms with Crippen molar-refractivity contribution in [1.29, 1.82) is 10.5 Å². The fourth-order valence-electron chi connectivity index (χ4n) is 3.56. The smallest absolute Gasteiger partial charge is 0.101 e. The second kappa shape index (κ2) is 6.95. The van der Waals surface area contributed by atoms with Gasteiger partial charge in [0.2, 0.25) is 0 Å². The molecule has 0 aliphatic heterocycles. The summed E-state index contributed by atoms with van der Waals surface area (Å²) < 4.78 is 2.23. The zero-order valence-electron chi connectivity index (χ0n) is 15.7. The van der Waals surface area contributed by atoms with Gasteiger partial charge in [-0.15, -0.1) is 0 Å². The van der Waals surface area contributed by atoms with Gasteiger partial charge in [-0.25, -0.2) is 0 Å². The Morgan fingerprint density at radius 2 is 1.61 bits per heavy atom. The predicted octanol–water partition coefficient (Wildman–Crippen LogP) is 5.28. The first-order chi connectivity index (χ1) is 13.6. The van der Waals surface area contributed by atoms with Crippen LogP contribution in [0.15, 0.2) is 72.8 Å². The molecule has 28 heavy (non-hydrogen) atoms. The largest absolute Gasteiger partial charge is 0.378 e. The molecule has 4 heteroatoms. The Morgan fingerprint density at radius 3 is 2.29 bits per heavy atom. The molecule has 0 bridgehead atoms. The van der Waals surface area contributed by atoms with Crippen LogP contribution in [0.25, 0.3) is 33.1 Å². The molecule has 0 saturated heterocycles. The van der Waals surface area contributed by atoms with Gasteiger partial charge in [0.15, 0.2) is 0 Å². The van der Waals surface area contributed by atoms with Crippen LogP contribution in [0.5, 0.6) is 0 Å². The highest BCUT2D eigenvalue weighted by atomic mass is 15.1. The summed E-state index contributed by atoms with van der Waals surface area (Å²) in [6.07, 6.45) is 1.29. The fraction of sp³-hybridized carbons (Fsp3) is 0.0833. The summed E-state index contributed by atoms with van der Waals surface area (Å²) in [6.45, 7) is 0. The quantitative estimate of drug-likeness (QED) is 0.466. The summed E-state index contributed by atoms with van der Waals surface area (Å²) in [5, 5.41) is 20.5. The second-order valence-corrected chi connectivity index (χ2v) is 6.79. The summed E-state index contributed by atoms with van der Waals surface area (Å²) in [4.78, 5) is 2.08. The average Bonchev–Trinajstić information content (AvgIpc) is 3.06. The minimum Gasteiger partial charge on any atom is -0.378 e. The van der Waals surface area contributed by atoms with Crippen molar-refractivity contribution in [2.75, 3.05) is 19.0 Å². The Hall–Kier alpha value is -4.02. The van der Waals surface area contributed by atoms with E-state index in [1.54, 1.807) is 0 Å². The fourth-order valence-corrected chi connectivity index (χ4v) is 3.56. The molecule has 0 amide bonds. The third-order valence-electron chi connectivity index (χ3n) is 4.94. The Labute approximate surface area is 163 Å². The third-order valence-corrected chi connectivity index (χ3v) is 4.94. The van der Waals surface area contributed by atoms with Gasteiger partial charge in [0.25, 0.3) is 0 Å². The number of fused-ring (bicyclic) bond motifs is 3. The van der Waals surface area contributed by atoms with Crippen molar-refractivity contribution in [3.63, 3.8) is 0 Å². The first kappa shape index (κ1) is 17.4. The van der Waals surface area contributed by atoms with Gasteiger partial charge in [0, 0.05) is 42.3 Å². The number of hydrogen-bond acceptors (Lipinski definition) is 3. The van der Waals surface area contributed by atoms with Crippen LogP contribution < -0.4 is 4.90 Å². The SMILES string of the molecule is CN(C)c1ccc(-n2c3ccccc3c3cc(/C(C#N)=C/C#N)ccc32)cc1. The summed E-state index contributed by atoms with van der Waals surface area (Å²) in [7, 11) is 4.05. The maximum absolute atomic E-state index is 9.37. The molecule has 0 atom stereocenters. The van der Waals surface area contributed by atoms with Crippen LogP contribution in [-0.4, -0.2) is 18.7 Å². The average molecular weight is 362 g/mol. The molecule has 4 rings (SSSR count). The zero-order valence-corrected chi connectivity index (χ0v) is 15.7. The van der Waals surface area contributed by atoms with Gasteiger partial charge < -0.3 is 9.47 Å². The van der Waals surface area contributed by atoms with E-state index >= 15 is 0 Å². The Kier molecular flexibility index (Phi) is 4.32. The van der Waals surface area contributed by atoms with Gasteiger partial charge in [-0.1, -0.05) is 24.3 Å². The highest BCUT2D eigenvalue weighted by Gasteiger charge is 2.13. The summed E-state index contributed by atoms with van der Waals surface area (Å²) in [5.41, 5.74) is 5.52. The van der Waals surface area contributed by atoms with Crippen LogP contribution in [0.3, 0.4) is 0 Å². The lowest BCUT2D eigenvalue weighted by molar-refractivity contribution is 1.12. The van der Waals surface area contributed by atoms with Crippen LogP contribution in [0, 0.1) is 22.7 Å². The van der Waals surface area contributed by atoms with Crippen molar-refractivity contribution in [2.45, 2.75) is 0 Å². The topological polar surface area (TPSA) is 55.8 Å². The Bertz CT molecular complexity index is 1290. The van der Waals surface area contributed by atoms with E-state index in [9.17, 15) is 5.26 Å². The molecule has 1 aromatic heterocycles. The van der Waals surface area contributed by atoms with E-state index in [-0.39, 0.29) is 0 Å². The number of anilines is 1. The van der Waals surface area contributed by atoms with Crippen LogP contribution >= 0.6 is 0 Å². The Balaban J connectivity index is 2.00. The number of benzene rings is 3. The van der Waals surface area contributed by atoms with Crippen LogP contribution in [0.4, 0.5) is 5.69 Å². The van der Waals surface area contributed by atoms with Crippen molar-refractivity contribution in [3.05, 3.63) is 78.4 Å². The van der Waals surface area contributed by atoms with Crippen molar-refractivity contribution in [1.82, 2.24) is 4.57 Å². The minimum absolute atomic E-state index is 0.372. The second-order valence-electron chi connectivity index (χ2n) is 6.79. The van der Waals surface area contributed by atoms with Gasteiger partial charge >= 0.3 is 0 Å². The van der Waals surface area contributed by atoms with E-state index in [2.05, 4.69) is 51.9 Å². The molecule has 0 unspecified atom stereocenters. The van der Waals surface area contributed by atoms with E-state index in [0.717, 1.165) is 38.7 Å². The molecular formula is C24H18N4. The number of aromatic nitrogens is 1. The lowest BCUT2D eigenvalue weighted by atomic mass is 10.0. The molecule has 0 fully saturated rings. The van der Waals surface area contributed by atoms with Gasteiger partial charge in [-0.05, 0) is 48.0 Å². The van der Waals surface area contributed by atoms with Crippen molar-refractivity contribution in [3.8, 4) is 17.8 Å². The van der Waals surface area contributed by atoms with Crippen LogP contribution in [0.2, 0.25) is 0 Å². The molecule has 0 N–H and O–H groups in total. The van der Waals surface area contributed by atoms with E-state index < -0.39 is 0 Å². The maximum Gasteiger partial charge on any atom is 0.101 e. The third kappa shape index (κ3) is 2.78. The molecule has 0 spiro atoms. The summed E-state index contributed by atoms with van der Waals surface area (Å²) in [6, 6.07) is 26.7. The molecule has 134 valence electrons. The summed E-state index contributed by atoms with van der Waals surface area (Å²) >= 11 is 0. The van der Waals surface area contributed by atoms with Crippen LogP contribution in [-0.2, 0) is 0 Å². The lowest BCUT2D eigenvalue weighted by Gasteiger charge is -2.14. The van der Waals surface area contributed by atoms with Crippen LogP contribution in [0.1, 0.15) is 5.56 Å². The van der Waals surface area contributed by atoms with E-state index in [1.807, 2.05) is 50.5 Å². The van der Waals surface area contributed by atoms with Crippen molar-refractivity contribution < 1.29 is 0 Å². The van der Waals surface area contributed by atoms with Gasteiger partial charge in [0.05, 0.1) is 22.7 Å². The molecule has 0 aliphatic rings. The van der Waals surface area contributed by atoms with E-state index in [0.29, 0.717) is 5.57 Å². The highest BCUT2D eigenvalue weighted by Crippen LogP contribution is 2.34. The molecule has 1 heterocycles. The minimum atomic E-state index is 0.372. The van der Waals surface area contributed by atoms with Gasteiger partial charge in [-0.2, -0.15) is 10.5 Å². The predicted molar refractivity (Wildman–Crippen MR) is 114 cm³/mol. The first-order valence-electron chi connectivity index (χ1n) is 8.95. The first-order valence-corrected chi connectivity index (χ1v) is 8.95. The molecular weight excluding hydrogens is 344 g/mol. The number of nitrogens with zero attached hydrogens (tertiary/aromatic N) is 4. The number of para-hydroxylation sites is 1. The zero-order chi connectivity index (χ0) is 19.7. The maximum atomic E-state index is 9.37. The molecule has 4 nitrogen and oxygen atoms in total. The normalized spacial score (nSPS) is 11.4. The van der Waals surface area contributed by atoms with Gasteiger partial charge in [0.1, 0.15) is 6.07 Å². The number of allylic oxidation sites excluding steroid dienone is 2. The molecule has 0 saturated carbocycles. The number of hydrogen-bond donors (Lipinski definition) is 0. The number of rotatable bonds is 3. The van der Waals surface area contributed by atoms with E-state index in [4.69, 9.17) is 5.26 Å². The summed E-state index contributed by atoms with van der Waals surface area (Å²) in [5.74, 6) is 0.